The average molecular weight is 436 g/mol. The van der Waals surface area contributed by atoms with Gasteiger partial charge in [0.2, 0.25) is 5.89 Å². The van der Waals surface area contributed by atoms with Gasteiger partial charge in [0.25, 0.3) is 0 Å². The lowest BCUT2D eigenvalue weighted by Gasteiger charge is -2.33. The lowest BCUT2D eigenvalue weighted by molar-refractivity contribution is 0.146. The zero-order valence-electron chi connectivity index (χ0n) is 19.0. The summed E-state index contributed by atoms with van der Waals surface area (Å²) in [7, 11) is 1.80. The minimum atomic E-state index is 0.205. The molecule has 7 nitrogen and oxygen atoms in total. The van der Waals surface area contributed by atoms with Gasteiger partial charge in [0.15, 0.2) is 5.96 Å². The Morgan fingerprint density at radius 1 is 1.09 bits per heavy atom. The molecule has 0 bridgehead atoms. The van der Waals surface area contributed by atoms with E-state index in [0.717, 1.165) is 49.0 Å². The van der Waals surface area contributed by atoms with Crippen molar-refractivity contribution in [2.24, 2.45) is 4.99 Å². The number of hydrogen-bond acceptors (Lipinski definition) is 5. The number of piperidine rings is 1. The third-order valence-corrected chi connectivity index (χ3v) is 5.91. The van der Waals surface area contributed by atoms with E-state index in [1.54, 1.807) is 19.6 Å². The van der Waals surface area contributed by atoms with Crippen molar-refractivity contribution in [2.75, 3.05) is 33.2 Å². The first kappa shape index (κ1) is 22.1. The van der Waals surface area contributed by atoms with Crippen molar-refractivity contribution in [2.45, 2.75) is 38.6 Å². The summed E-state index contributed by atoms with van der Waals surface area (Å²) in [6.45, 7) is 5.74. The Morgan fingerprint density at radius 2 is 1.91 bits per heavy atom. The van der Waals surface area contributed by atoms with E-state index in [0.29, 0.717) is 12.4 Å². The van der Waals surface area contributed by atoms with Gasteiger partial charge < -0.3 is 19.5 Å². The molecule has 1 atom stereocenters. The van der Waals surface area contributed by atoms with E-state index >= 15 is 0 Å². The smallest absolute Gasteiger partial charge is 0.226 e. The zero-order chi connectivity index (χ0) is 22.2. The fourth-order valence-electron chi connectivity index (χ4n) is 4.09. The van der Waals surface area contributed by atoms with Crippen molar-refractivity contribution in [1.82, 2.24) is 20.5 Å². The van der Waals surface area contributed by atoms with Gasteiger partial charge in [-0.2, -0.15) is 0 Å². The monoisotopic (exact) mass is 435 g/mol. The highest BCUT2D eigenvalue weighted by Gasteiger charge is 2.24. The number of guanidine groups is 1. The predicted octanol–water partition coefficient (Wildman–Crippen LogP) is 4.18. The molecule has 2 N–H and O–H groups in total. The van der Waals surface area contributed by atoms with Gasteiger partial charge in [-0.3, -0.25) is 9.89 Å². The number of likely N-dealkylation sites (tertiary alicyclic amines) is 1. The summed E-state index contributed by atoms with van der Waals surface area (Å²) in [6.07, 6.45) is 8.03. The third-order valence-electron chi connectivity index (χ3n) is 5.91. The molecule has 0 spiro atoms. The standard InChI is InChI=1S/C25H33N5O2/c1-19-8-10-20(11-9-19)24-29-21(18-32-24)12-13-27-25(26-2)28-17-22(23-7-6-16-31-23)30-14-4-3-5-15-30/h6-11,16,18,22H,3-5,12-15,17H2,1-2H3,(H2,26,27,28). The summed E-state index contributed by atoms with van der Waals surface area (Å²) in [6, 6.07) is 12.4. The van der Waals surface area contributed by atoms with Gasteiger partial charge in [-0.1, -0.05) is 24.1 Å². The number of oxazole rings is 1. The van der Waals surface area contributed by atoms with E-state index in [1.807, 2.05) is 18.2 Å². The number of aliphatic imine (C=N–C) groups is 1. The van der Waals surface area contributed by atoms with Crippen LogP contribution in [0.3, 0.4) is 0 Å². The molecular weight excluding hydrogens is 402 g/mol. The van der Waals surface area contributed by atoms with Crippen LogP contribution in [0.5, 0.6) is 0 Å². The van der Waals surface area contributed by atoms with Crippen LogP contribution in [0.15, 0.2) is 62.8 Å². The molecule has 32 heavy (non-hydrogen) atoms. The van der Waals surface area contributed by atoms with Gasteiger partial charge in [0, 0.05) is 32.1 Å². The molecule has 0 aliphatic carbocycles. The van der Waals surface area contributed by atoms with Gasteiger partial charge in [0.1, 0.15) is 12.0 Å². The molecule has 0 saturated carbocycles. The summed E-state index contributed by atoms with van der Waals surface area (Å²) >= 11 is 0. The summed E-state index contributed by atoms with van der Waals surface area (Å²) in [5, 5.41) is 6.86. The van der Waals surface area contributed by atoms with Crippen LogP contribution in [0.25, 0.3) is 11.5 Å². The molecule has 1 aliphatic heterocycles. The molecule has 3 aromatic rings. The number of aryl methyl sites for hydroxylation is 1. The number of rotatable bonds is 8. The maximum atomic E-state index is 5.74. The van der Waals surface area contributed by atoms with E-state index in [9.17, 15) is 0 Å². The molecule has 170 valence electrons. The SMILES string of the molecule is CN=C(NCCc1coc(-c2ccc(C)cc2)n1)NCC(c1ccco1)N1CCCCC1. The van der Waals surface area contributed by atoms with E-state index < -0.39 is 0 Å². The van der Waals surface area contributed by atoms with Gasteiger partial charge >= 0.3 is 0 Å². The topological polar surface area (TPSA) is 78.8 Å². The van der Waals surface area contributed by atoms with Gasteiger partial charge in [-0.25, -0.2) is 4.98 Å². The maximum absolute atomic E-state index is 5.74. The van der Waals surface area contributed by atoms with Crippen molar-refractivity contribution < 1.29 is 8.83 Å². The molecule has 2 aromatic heterocycles. The van der Waals surface area contributed by atoms with Crippen molar-refractivity contribution in [3.63, 3.8) is 0 Å². The highest BCUT2D eigenvalue weighted by Crippen LogP contribution is 2.24. The van der Waals surface area contributed by atoms with Crippen LogP contribution in [0, 0.1) is 6.92 Å². The van der Waals surface area contributed by atoms with Gasteiger partial charge in [0.05, 0.1) is 18.0 Å². The minimum Gasteiger partial charge on any atom is -0.468 e. The van der Waals surface area contributed by atoms with Crippen molar-refractivity contribution in [1.29, 1.82) is 0 Å². The number of aromatic nitrogens is 1. The molecule has 3 heterocycles. The largest absolute Gasteiger partial charge is 0.468 e. The molecule has 7 heteroatoms. The minimum absolute atomic E-state index is 0.205. The quantitative estimate of drug-likeness (QED) is 0.408. The van der Waals surface area contributed by atoms with Crippen LogP contribution in [0.4, 0.5) is 0 Å². The fraction of sp³-hybridized carbons (Fsp3) is 0.440. The van der Waals surface area contributed by atoms with Crippen LogP contribution in [0.2, 0.25) is 0 Å². The normalized spacial score (nSPS) is 16.1. The lowest BCUT2D eigenvalue weighted by Crippen LogP contribution is -2.44. The molecule has 1 aromatic carbocycles. The first-order valence-electron chi connectivity index (χ1n) is 11.5. The molecule has 1 unspecified atom stereocenters. The van der Waals surface area contributed by atoms with Gasteiger partial charge in [-0.05, 0) is 57.1 Å². The Bertz CT molecular complexity index is 972. The summed E-state index contributed by atoms with van der Waals surface area (Å²) in [5.41, 5.74) is 3.14. The molecule has 1 aliphatic rings. The maximum Gasteiger partial charge on any atom is 0.226 e. The molecule has 0 amide bonds. The Labute approximate surface area is 189 Å². The first-order valence-corrected chi connectivity index (χ1v) is 11.5. The second-order valence-electron chi connectivity index (χ2n) is 8.27. The third kappa shape index (κ3) is 5.79. The van der Waals surface area contributed by atoms with Crippen molar-refractivity contribution >= 4 is 5.96 Å². The Balaban J connectivity index is 1.28. The van der Waals surface area contributed by atoms with Crippen LogP contribution in [-0.4, -0.2) is 49.1 Å². The zero-order valence-corrected chi connectivity index (χ0v) is 19.0. The molecule has 0 radical (unpaired) electrons. The fourth-order valence-corrected chi connectivity index (χ4v) is 4.09. The lowest BCUT2D eigenvalue weighted by atomic mass is 10.1. The first-order chi connectivity index (χ1) is 15.7. The second kappa shape index (κ2) is 11.0. The number of nitrogens with one attached hydrogen (secondary N) is 2. The Kier molecular flexibility index (Phi) is 7.61. The van der Waals surface area contributed by atoms with Crippen LogP contribution >= 0.6 is 0 Å². The Morgan fingerprint density at radius 3 is 2.62 bits per heavy atom. The molecule has 1 fully saturated rings. The van der Waals surface area contributed by atoms with Crippen molar-refractivity contribution in [3.05, 3.63) is 65.9 Å². The molecule has 4 rings (SSSR count). The predicted molar refractivity (Wildman–Crippen MR) is 127 cm³/mol. The molecule has 1 saturated heterocycles. The van der Waals surface area contributed by atoms with E-state index in [-0.39, 0.29) is 6.04 Å². The summed E-state index contributed by atoms with van der Waals surface area (Å²) < 4.78 is 11.4. The number of furan rings is 1. The second-order valence-corrected chi connectivity index (χ2v) is 8.27. The van der Waals surface area contributed by atoms with E-state index in [4.69, 9.17) is 8.83 Å². The van der Waals surface area contributed by atoms with E-state index in [1.165, 1.54) is 24.8 Å². The summed E-state index contributed by atoms with van der Waals surface area (Å²) in [4.78, 5) is 11.5. The van der Waals surface area contributed by atoms with Gasteiger partial charge in [-0.15, -0.1) is 0 Å². The average Bonchev–Trinajstić information content (AvgIpc) is 3.52. The van der Waals surface area contributed by atoms with Crippen LogP contribution < -0.4 is 10.6 Å². The number of hydrogen-bond donors (Lipinski definition) is 2. The Hall–Kier alpha value is -3.06. The highest BCUT2D eigenvalue weighted by atomic mass is 16.3. The molecular formula is C25H33N5O2. The number of nitrogens with zero attached hydrogens (tertiary/aromatic N) is 3. The van der Waals surface area contributed by atoms with Crippen LogP contribution in [-0.2, 0) is 6.42 Å². The van der Waals surface area contributed by atoms with E-state index in [2.05, 4.69) is 50.6 Å². The van der Waals surface area contributed by atoms with Crippen LogP contribution in [0.1, 0.15) is 42.3 Å². The highest BCUT2D eigenvalue weighted by molar-refractivity contribution is 5.79. The van der Waals surface area contributed by atoms with Crippen molar-refractivity contribution in [3.8, 4) is 11.5 Å². The summed E-state index contributed by atoms with van der Waals surface area (Å²) in [5.74, 6) is 2.44. The number of benzene rings is 1.